The SMILES string of the molecule is Cc1ccc(Cl)c2c1NC(=O)[C@@]21NN=C(c2ccccc2)S1. The van der Waals surface area contributed by atoms with Crippen molar-refractivity contribution in [2.24, 2.45) is 5.10 Å². The molecule has 0 unspecified atom stereocenters. The maximum atomic E-state index is 12.6. The van der Waals surface area contributed by atoms with Gasteiger partial charge in [-0.15, -0.1) is 0 Å². The number of nitrogens with one attached hydrogen (secondary N) is 2. The van der Waals surface area contributed by atoms with Gasteiger partial charge in [0.25, 0.3) is 5.91 Å². The van der Waals surface area contributed by atoms with Crippen LogP contribution in [0, 0.1) is 6.92 Å². The van der Waals surface area contributed by atoms with Crippen molar-refractivity contribution >= 4 is 40.0 Å². The second kappa shape index (κ2) is 4.76. The van der Waals surface area contributed by atoms with Crippen LogP contribution >= 0.6 is 23.4 Å². The predicted molar refractivity (Wildman–Crippen MR) is 90.2 cm³/mol. The number of aryl methyl sites for hydroxylation is 1. The Kier molecular flexibility index (Phi) is 2.96. The molecule has 4 nitrogen and oxygen atoms in total. The molecule has 1 atom stereocenters. The molecule has 4 rings (SSSR count). The molecule has 1 amide bonds. The number of nitrogens with zero attached hydrogens (tertiary/aromatic N) is 1. The third-order valence-corrected chi connectivity index (χ3v) is 5.48. The molecule has 0 saturated heterocycles. The Hall–Kier alpha value is -1.98. The molecular formula is C16H12ClN3OS. The van der Waals surface area contributed by atoms with Crippen molar-refractivity contribution in [3.8, 4) is 0 Å². The number of hydrazone groups is 1. The first-order chi connectivity index (χ1) is 10.6. The number of anilines is 1. The van der Waals surface area contributed by atoms with Crippen LogP contribution in [-0.2, 0) is 9.67 Å². The molecule has 0 aliphatic carbocycles. The average Bonchev–Trinajstić information content (AvgIpc) is 3.09. The minimum absolute atomic E-state index is 0.140. The van der Waals surface area contributed by atoms with Gasteiger partial charge in [-0.3, -0.25) is 10.2 Å². The topological polar surface area (TPSA) is 53.5 Å². The van der Waals surface area contributed by atoms with E-state index in [9.17, 15) is 4.79 Å². The quantitative estimate of drug-likeness (QED) is 0.842. The Balaban J connectivity index is 1.80. The van der Waals surface area contributed by atoms with E-state index in [1.54, 1.807) is 0 Å². The summed E-state index contributed by atoms with van der Waals surface area (Å²) in [5, 5.41) is 8.64. The zero-order chi connectivity index (χ0) is 15.3. The van der Waals surface area contributed by atoms with Crippen molar-refractivity contribution < 1.29 is 4.79 Å². The van der Waals surface area contributed by atoms with E-state index in [4.69, 9.17) is 11.6 Å². The summed E-state index contributed by atoms with van der Waals surface area (Å²) in [4.78, 5) is 11.6. The Labute approximate surface area is 136 Å². The van der Waals surface area contributed by atoms with Gasteiger partial charge in [0.05, 0.1) is 5.69 Å². The highest BCUT2D eigenvalue weighted by molar-refractivity contribution is 8.16. The second-order valence-corrected chi connectivity index (χ2v) is 6.86. The lowest BCUT2D eigenvalue weighted by Crippen LogP contribution is -2.40. The molecule has 110 valence electrons. The van der Waals surface area contributed by atoms with E-state index in [2.05, 4.69) is 15.8 Å². The van der Waals surface area contributed by atoms with Gasteiger partial charge < -0.3 is 5.32 Å². The molecule has 0 bridgehead atoms. The monoisotopic (exact) mass is 329 g/mol. The van der Waals surface area contributed by atoms with Crippen molar-refractivity contribution in [3.05, 3.63) is 64.2 Å². The van der Waals surface area contributed by atoms with Gasteiger partial charge in [-0.2, -0.15) is 5.10 Å². The van der Waals surface area contributed by atoms with E-state index in [0.717, 1.165) is 27.4 Å². The highest BCUT2D eigenvalue weighted by Gasteiger charge is 2.53. The smallest absolute Gasteiger partial charge is 0.267 e. The minimum Gasteiger partial charge on any atom is -0.322 e. The molecule has 2 aromatic carbocycles. The highest BCUT2D eigenvalue weighted by Crippen LogP contribution is 2.51. The molecule has 1 spiro atoms. The van der Waals surface area contributed by atoms with Gasteiger partial charge in [-0.05, 0) is 18.6 Å². The maximum Gasteiger partial charge on any atom is 0.267 e. The number of hydrogen-bond donors (Lipinski definition) is 2. The third-order valence-electron chi connectivity index (χ3n) is 3.86. The largest absolute Gasteiger partial charge is 0.322 e. The molecule has 22 heavy (non-hydrogen) atoms. The number of thioether (sulfide) groups is 1. The Bertz CT molecular complexity index is 822. The number of rotatable bonds is 1. The van der Waals surface area contributed by atoms with Gasteiger partial charge in [0.1, 0.15) is 5.04 Å². The van der Waals surface area contributed by atoms with E-state index in [1.165, 1.54) is 11.8 Å². The van der Waals surface area contributed by atoms with Crippen molar-refractivity contribution in [2.75, 3.05) is 5.32 Å². The van der Waals surface area contributed by atoms with Crippen LogP contribution in [-0.4, -0.2) is 11.0 Å². The van der Waals surface area contributed by atoms with E-state index < -0.39 is 4.87 Å². The number of fused-ring (bicyclic) bond motifs is 2. The van der Waals surface area contributed by atoms with Crippen LogP contribution in [0.25, 0.3) is 0 Å². The summed E-state index contributed by atoms with van der Waals surface area (Å²) in [5.74, 6) is -0.140. The van der Waals surface area contributed by atoms with E-state index in [0.29, 0.717) is 5.02 Å². The molecule has 6 heteroatoms. The van der Waals surface area contributed by atoms with E-state index >= 15 is 0 Å². The molecule has 2 aliphatic rings. The summed E-state index contributed by atoms with van der Waals surface area (Å²) in [7, 11) is 0. The number of carbonyl (C=O) groups is 1. The average molecular weight is 330 g/mol. The van der Waals surface area contributed by atoms with Crippen molar-refractivity contribution in [3.63, 3.8) is 0 Å². The van der Waals surface area contributed by atoms with Gasteiger partial charge in [0.15, 0.2) is 0 Å². The summed E-state index contributed by atoms with van der Waals surface area (Å²) < 4.78 is 0. The van der Waals surface area contributed by atoms with Crippen LogP contribution in [0.2, 0.25) is 5.02 Å². The standard InChI is InChI=1S/C16H12ClN3OS/c1-9-7-8-11(17)12-13(9)18-15(21)16(12)20-19-14(22-16)10-5-3-2-4-6-10/h2-8,20H,1H3,(H,18,21)/t16-/m1/s1. The molecule has 2 N–H and O–H groups in total. The van der Waals surface area contributed by atoms with Gasteiger partial charge in [-0.1, -0.05) is 59.8 Å². The first-order valence-corrected chi connectivity index (χ1v) is 8.01. The Morgan fingerprint density at radius 1 is 1.18 bits per heavy atom. The maximum absolute atomic E-state index is 12.6. The summed E-state index contributed by atoms with van der Waals surface area (Å²) in [5.41, 5.74) is 6.51. The van der Waals surface area contributed by atoms with Gasteiger partial charge in [0, 0.05) is 16.1 Å². The van der Waals surface area contributed by atoms with Gasteiger partial charge in [0.2, 0.25) is 4.87 Å². The Morgan fingerprint density at radius 3 is 2.73 bits per heavy atom. The van der Waals surface area contributed by atoms with Crippen LogP contribution in [0.5, 0.6) is 0 Å². The molecule has 0 fully saturated rings. The predicted octanol–water partition coefficient (Wildman–Crippen LogP) is 3.45. The summed E-state index contributed by atoms with van der Waals surface area (Å²) >= 11 is 7.76. The first kappa shape index (κ1) is 13.7. The lowest BCUT2D eigenvalue weighted by atomic mass is 10.0. The fraction of sp³-hybridized carbons (Fsp3) is 0.125. The molecular weight excluding hydrogens is 318 g/mol. The molecule has 0 radical (unpaired) electrons. The Morgan fingerprint density at radius 2 is 1.95 bits per heavy atom. The first-order valence-electron chi connectivity index (χ1n) is 6.82. The van der Waals surface area contributed by atoms with Crippen molar-refractivity contribution in [2.45, 2.75) is 11.8 Å². The summed E-state index contributed by atoms with van der Waals surface area (Å²) in [6, 6.07) is 13.5. The van der Waals surface area contributed by atoms with Crippen LogP contribution in [0.3, 0.4) is 0 Å². The molecule has 0 saturated carbocycles. The lowest BCUT2D eigenvalue weighted by Gasteiger charge is -2.21. The van der Waals surface area contributed by atoms with Crippen LogP contribution < -0.4 is 10.7 Å². The molecule has 2 aliphatic heterocycles. The van der Waals surface area contributed by atoms with Crippen molar-refractivity contribution in [1.29, 1.82) is 0 Å². The molecule has 0 aromatic heterocycles. The lowest BCUT2D eigenvalue weighted by molar-refractivity contribution is -0.118. The van der Waals surface area contributed by atoms with Crippen molar-refractivity contribution in [1.82, 2.24) is 5.43 Å². The summed E-state index contributed by atoms with van der Waals surface area (Å²) in [6.07, 6.45) is 0. The van der Waals surface area contributed by atoms with Crippen LogP contribution in [0.15, 0.2) is 47.6 Å². The zero-order valence-corrected chi connectivity index (χ0v) is 13.3. The van der Waals surface area contributed by atoms with E-state index in [-0.39, 0.29) is 5.91 Å². The minimum atomic E-state index is -0.983. The number of carbonyl (C=O) groups excluding carboxylic acids is 1. The molecule has 2 aromatic rings. The fourth-order valence-corrected chi connectivity index (χ4v) is 4.27. The van der Waals surface area contributed by atoms with Gasteiger partial charge in [-0.25, -0.2) is 0 Å². The van der Waals surface area contributed by atoms with Gasteiger partial charge >= 0.3 is 0 Å². The highest BCUT2D eigenvalue weighted by atomic mass is 35.5. The zero-order valence-electron chi connectivity index (χ0n) is 11.7. The number of benzene rings is 2. The van der Waals surface area contributed by atoms with Crippen LogP contribution in [0.4, 0.5) is 5.69 Å². The normalized spacial score (nSPS) is 22.3. The summed E-state index contributed by atoms with van der Waals surface area (Å²) in [6.45, 7) is 1.95. The molecule has 2 heterocycles. The number of hydrogen-bond acceptors (Lipinski definition) is 4. The number of amides is 1. The number of halogens is 1. The third kappa shape index (κ3) is 1.79. The van der Waals surface area contributed by atoms with E-state index in [1.807, 2.05) is 49.4 Å². The van der Waals surface area contributed by atoms with Crippen LogP contribution in [0.1, 0.15) is 16.7 Å². The second-order valence-electron chi connectivity index (χ2n) is 5.25. The fourth-order valence-electron chi connectivity index (χ4n) is 2.73.